The van der Waals surface area contributed by atoms with Gasteiger partial charge in [-0.3, -0.25) is 0 Å². The highest BCUT2D eigenvalue weighted by Crippen LogP contribution is 2.68. The Labute approximate surface area is 93.8 Å². The molecule has 1 heterocycles. The van der Waals surface area contributed by atoms with Crippen molar-refractivity contribution in [2.45, 2.75) is 32.3 Å². The van der Waals surface area contributed by atoms with Crippen LogP contribution in [0.3, 0.4) is 0 Å². The molecule has 15 heavy (non-hydrogen) atoms. The van der Waals surface area contributed by atoms with Gasteiger partial charge >= 0.3 is 0 Å². The molecule has 0 radical (unpaired) electrons. The summed E-state index contributed by atoms with van der Waals surface area (Å²) in [5.41, 5.74) is 1.64. The van der Waals surface area contributed by atoms with Gasteiger partial charge in [0.2, 0.25) is 0 Å². The SMILES string of the molecule is CC1(C)CC[C@H]2CP(c3ccccc3)[C@H]21. The molecule has 1 aromatic rings. The molecule has 0 nitrogen and oxygen atoms in total. The van der Waals surface area contributed by atoms with E-state index in [1.165, 1.54) is 19.0 Å². The zero-order valence-corrected chi connectivity index (χ0v) is 10.5. The molecule has 1 saturated carbocycles. The molecule has 1 aliphatic heterocycles. The third-order valence-electron chi connectivity index (χ3n) is 4.26. The van der Waals surface area contributed by atoms with E-state index in [4.69, 9.17) is 0 Å². The van der Waals surface area contributed by atoms with Crippen LogP contribution in [0, 0.1) is 11.3 Å². The fourth-order valence-electron chi connectivity index (χ4n) is 3.48. The number of hydrogen-bond donors (Lipinski definition) is 0. The Balaban J connectivity index is 1.87. The van der Waals surface area contributed by atoms with Crippen molar-refractivity contribution >= 4 is 13.2 Å². The second-order valence-corrected chi connectivity index (χ2v) is 8.10. The molecule has 80 valence electrons. The predicted octanol–water partition coefficient (Wildman–Crippen LogP) is 3.61. The van der Waals surface area contributed by atoms with Crippen LogP contribution in [0.4, 0.5) is 0 Å². The highest BCUT2D eigenvalue weighted by Gasteiger charge is 2.53. The van der Waals surface area contributed by atoms with Crippen LogP contribution in [0.25, 0.3) is 0 Å². The summed E-state index contributed by atoms with van der Waals surface area (Å²) in [5.74, 6) is 1.06. The molecule has 0 bridgehead atoms. The second kappa shape index (κ2) is 3.32. The lowest BCUT2D eigenvalue weighted by Crippen LogP contribution is -2.40. The van der Waals surface area contributed by atoms with Crippen LogP contribution in [-0.2, 0) is 0 Å². The molecule has 0 amide bonds. The lowest BCUT2D eigenvalue weighted by atomic mass is 9.89. The smallest absolute Gasteiger partial charge is 0.00857 e. The minimum Gasteiger partial charge on any atom is -0.0710 e. The van der Waals surface area contributed by atoms with Crippen LogP contribution in [0.5, 0.6) is 0 Å². The van der Waals surface area contributed by atoms with E-state index in [0.29, 0.717) is 5.41 Å². The summed E-state index contributed by atoms with van der Waals surface area (Å²) in [6, 6.07) is 11.2. The van der Waals surface area contributed by atoms with E-state index in [0.717, 1.165) is 11.6 Å². The molecule has 2 fully saturated rings. The van der Waals surface area contributed by atoms with Crippen molar-refractivity contribution in [2.75, 3.05) is 6.16 Å². The van der Waals surface area contributed by atoms with Gasteiger partial charge in [0, 0.05) is 0 Å². The van der Waals surface area contributed by atoms with Crippen molar-refractivity contribution in [3.05, 3.63) is 30.3 Å². The third kappa shape index (κ3) is 1.46. The van der Waals surface area contributed by atoms with Gasteiger partial charge in [0.15, 0.2) is 0 Å². The zero-order chi connectivity index (χ0) is 10.5. The maximum atomic E-state index is 2.48. The van der Waals surface area contributed by atoms with Crippen LogP contribution in [0.1, 0.15) is 26.7 Å². The van der Waals surface area contributed by atoms with Gasteiger partial charge in [0.1, 0.15) is 0 Å². The van der Waals surface area contributed by atoms with E-state index in [1.807, 2.05) is 0 Å². The van der Waals surface area contributed by atoms with E-state index in [2.05, 4.69) is 44.2 Å². The van der Waals surface area contributed by atoms with Crippen molar-refractivity contribution in [2.24, 2.45) is 11.3 Å². The summed E-state index contributed by atoms with van der Waals surface area (Å²) in [5, 5.41) is 1.64. The fraction of sp³-hybridized carbons (Fsp3) is 0.571. The second-order valence-electron chi connectivity index (χ2n) is 5.72. The Hall–Kier alpha value is -0.350. The van der Waals surface area contributed by atoms with Crippen LogP contribution < -0.4 is 5.30 Å². The molecule has 0 N–H and O–H groups in total. The van der Waals surface area contributed by atoms with Gasteiger partial charge in [-0.1, -0.05) is 52.1 Å². The van der Waals surface area contributed by atoms with Crippen LogP contribution in [0.15, 0.2) is 30.3 Å². The molecule has 1 saturated heterocycles. The highest BCUT2D eigenvalue weighted by molar-refractivity contribution is 7.68. The average molecular weight is 218 g/mol. The lowest BCUT2D eigenvalue weighted by molar-refractivity contribution is 0.362. The fourth-order valence-corrected chi connectivity index (χ4v) is 7.04. The van der Waals surface area contributed by atoms with Gasteiger partial charge in [0.05, 0.1) is 0 Å². The van der Waals surface area contributed by atoms with E-state index in [1.54, 1.807) is 5.30 Å². The van der Waals surface area contributed by atoms with Crippen molar-refractivity contribution in [1.82, 2.24) is 0 Å². The van der Waals surface area contributed by atoms with Gasteiger partial charge < -0.3 is 0 Å². The first-order valence-electron chi connectivity index (χ1n) is 6.00. The topological polar surface area (TPSA) is 0 Å². The third-order valence-corrected chi connectivity index (χ3v) is 7.88. The van der Waals surface area contributed by atoms with Crippen LogP contribution >= 0.6 is 7.92 Å². The van der Waals surface area contributed by atoms with Crippen LogP contribution in [0.2, 0.25) is 0 Å². The van der Waals surface area contributed by atoms with Gasteiger partial charge in [-0.25, -0.2) is 0 Å². The standard InChI is InChI=1S/C14H19P/c1-14(2)9-8-11-10-15(13(11)14)12-6-4-3-5-7-12/h3-7,11,13H,8-10H2,1-2H3/t11-,13+,15?/m0/s1. The summed E-state index contributed by atoms with van der Waals surface area (Å²) in [4.78, 5) is 0. The summed E-state index contributed by atoms with van der Waals surface area (Å²) in [6.07, 6.45) is 4.45. The molecule has 3 rings (SSSR count). The van der Waals surface area contributed by atoms with Gasteiger partial charge in [-0.2, -0.15) is 0 Å². The Morgan fingerprint density at radius 2 is 1.93 bits per heavy atom. The Morgan fingerprint density at radius 1 is 1.20 bits per heavy atom. The monoisotopic (exact) mass is 218 g/mol. The number of hydrogen-bond acceptors (Lipinski definition) is 0. The maximum absolute atomic E-state index is 2.48. The van der Waals surface area contributed by atoms with Crippen molar-refractivity contribution in [3.63, 3.8) is 0 Å². The lowest BCUT2D eigenvalue weighted by Gasteiger charge is -2.47. The quantitative estimate of drug-likeness (QED) is 0.632. The Bertz CT molecular complexity index is 355. The molecular weight excluding hydrogens is 199 g/mol. The average Bonchev–Trinajstić information content (AvgIpc) is 2.38. The predicted molar refractivity (Wildman–Crippen MR) is 68.2 cm³/mol. The van der Waals surface area contributed by atoms with E-state index in [9.17, 15) is 0 Å². The minimum absolute atomic E-state index is 0.179. The van der Waals surface area contributed by atoms with Crippen molar-refractivity contribution < 1.29 is 0 Å². The molecular formula is C14H19P. The Kier molecular flexibility index (Phi) is 2.18. The molecule has 1 heteroatoms. The van der Waals surface area contributed by atoms with E-state index in [-0.39, 0.29) is 7.92 Å². The summed E-state index contributed by atoms with van der Waals surface area (Å²) in [6.45, 7) is 4.96. The molecule has 0 aromatic heterocycles. The molecule has 3 atom stereocenters. The first kappa shape index (κ1) is 9.85. The van der Waals surface area contributed by atoms with E-state index < -0.39 is 0 Å². The summed E-state index contributed by atoms with van der Waals surface area (Å²) < 4.78 is 0. The minimum atomic E-state index is 0.179. The van der Waals surface area contributed by atoms with Gasteiger partial charge in [-0.05, 0) is 41.3 Å². The normalized spacial score (nSPS) is 37.1. The van der Waals surface area contributed by atoms with Crippen molar-refractivity contribution in [1.29, 1.82) is 0 Å². The highest BCUT2D eigenvalue weighted by atomic mass is 31.1. The summed E-state index contributed by atoms with van der Waals surface area (Å²) >= 11 is 0. The van der Waals surface area contributed by atoms with E-state index >= 15 is 0 Å². The number of fused-ring (bicyclic) bond motifs is 1. The first-order valence-corrected chi connectivity index (χ1v) is 7.60. The Morgan fingerprint density at radius 3 is 2.60 bits per heavy atom. The number of benzene rings is 1. The van der Waals surface area contributed by atoms with Crippen LogP contribution in [-0.4, -0.2) is 11.8 Å². The number of rotatable bonds is 1. The van der Waals surface area contributed by atoms with Gasteiger partial charge in [-0.15, -0.1) is 0 Å². The molecule has 1 aromatic carbocycles. The van der Waals surface area contributed by atoms with Crippen molar-refractivity contribution in [3.8, 4) is 0 Å². The molecule has 0 spiro atoms. The molecule has 1 aliphatic carbocycles. The van der Waals surface area contributed by atoms with Gasteiger partial charge in [0.25, 0.3) is 0 Å². The molecule has 1 unspecified atom stereocenters. The first-order chi connectivity index (χ1) is 7.18. The largest absolute Gasteiger partial charge is 0.0710 e. The maximum Gasteiger partial charge on any atom is -0.00857 e. The summed E-state index contributed by atoms with van der Waals surface area (Å²) in [7, 11) is 0.179. The zero-order valence-electron chi connectivity index (χ0n) is 9.61. The molecule has 2 aliphatic rings.